The SMILES string of the molecule is CCCNC(=O)CN1CCN([C@H](C(=O)Nc2ccc(F)cc2)c2ccccc2)CC1. The van der Waals surface area contributed by atoms with E-state index < -0.39 is 6.04 Å². The Hall–Kier alpha value is -2.77. The van der Waals surface area contributed by atoms with Gasteiger partial charge in [-0.25, -0.2) is 4.39 Å². The van der Waals surface area contributed by atoms with Gasteiger partial charge in [-0.05, 0) is 36.2 Å². The first kappa shape index (κ1) is 21.9. The number of anilines is 1. The van der Waals surface area contributed by atoms with Crippen molar-refractivity contribution in [3.8, 4) is 0 Å². The summed E-state index contributed by atoms with van der Waals surface area (Å²) in [5.74, 6) is -0.451. The molecular formula is C23H29FN4O2. The van der Waals surface area contributed by atoms with Crippen LogP contribution >= 0.6 is 0 Å². The van der Waals surface area contributed by atoms with Crippen molar-refractivity contribution < 1.29 is 14.0 Å². The second-order valence-electron chi connectivity index (χ2n) is 7.47. The molecule has 6 nitrogen and oxygen atoms in total. The summed E-state index contributed by atoms with van der Waals surface area (Å²) >= 11 is 0. The molecule has 0 bridgehead atoms. The smallest absolute Gasteiger partial charge is 0.246 e. The Morgan fingerprint density at radius 2 is 1.67 bits per heavy atom. The number of hydrogen-bond donors (Lipinski definition) is 2. The largest absolute Gasteiger partial charge is 0.355 e. The van der Waals surface area contributed by atoms with E-state index >= 15 is 0 Å². The first-order valence-corrected chi connectivity index (χ1v) is 10.4. The van der Waals surface area contributed by atoms with Gasteiger partial charge in [0.1, 0.15) is 11.9 Å². The number of nitrogens with zero attached hydrogens (tertiary/aromatic N) is 2. The number of piperazine rings is 1. The molecule has 7 heteroatoms. The molecule has 1 aliphatic rings. The van der Waals surface area contributed by atoms with Crippen molar-refractivity contribution in [3.63, 3.8) is 0 Å². The molecule has 2 N–H and O–H groups in total. The van der Waals surface area contributed by atoms with E-state index in [2.05, 4.69) is 20.4 Å². The van der Waals surface area contributed by atoms with Gasteiger partial charge in [0, 0.05) is 38.4 Å². The lowest BCUT2D eigenvalue weighted by Gasteiger charge is -2.38. The van der Waals surface area contributed by atoms with E-state index in [4.69, 9.17) is 0 Å². The molecular weight excluding hydrogens is 383 g/mol. The van der Waals surface area contributed by atoms with Crippen LogP contribution in [0, 0.1) is 5.82 Å². The van der Waals surface area contributed by atoms with Crippen molar-refractivity contribution in [3.05, 3.63) is 66.0 Å². The first-order chi connectivity index (χ1) is 14.6. The molecule has 2 aromatic carbocycles. The van der Waals surface area contributed by atoms with Crippen molar-refractivity contribution in [1.29, 1.82) is 0 Å². The molecule has 1 saturated heterocycles. The van der Waals surface area contributed by atoms with Gasteiger partial charge in [0.05, 0.1) is 6.54 Å². The fourth-order valence-corrected chi connectivity index (χ4v) is 3.61. The van der Waals surface area contributed by atoms with Crippen LogP contribution in [0.3, 0.4) is 0 Å². The van der Waals surface area contributed by atoms with E-state index in [1.54, 1.807) is 12.1 Å². The van der Waals surface area contributed by atoms with Crippen LogP contribution in [0.5, 0.6) is 0 Å². The Morgan fingerprint density at radius 3 is 2.30 bits per heavy atom. The number of hydrogen-bond acceptors (Lipinski definition) is 4. The van der Waals surface area contributed by atoms with E-state index in [-0.39, 0.29) is 17.6 Å². The third-order valence-corrected chi connectivity index (χ3v) is 5.19. The van der Waals surface area contributed by atoms with Crippen LogP contribution in [0.2, 0.25) is 0 Å². The highest BCUT2D eigenvalue weighted by Gasteiger charge is 2.31. The summed E-state index contributed by atoms with van der Waals surface area (Å²) in [6, 6.07) is 15.0. The number of rotatable bonds is 8. The van der Waals surface area contributed by atoms with Crippen LogP contribution in [0.25, 0.3) is 0 Å². The maximum atomic E-state index is 13.2. The van der Waals surface area contributed by atoms with E-state index in [1.807, 2.05) is 37.3 Å². The summed E-state index contributed by atoms with van der Waals surface area (Å²) in [5, 5.41) is 5.81. The summed E-state index contributed by atoms with van der Waals surface area (Å²) in [6.45, 7) is 5.89. The molecule has 2 aromatic rings. The summed E-state index contributed by atoms with van der Waals surface area (Å²) in [4.78, 5) is 29.4. The number of halogens is 1. The fourth-order valence-electron chi connectivity index (χ4n) is 3.61. The molecule has 1 heterocycles. The van der Waals surface area contributed by atoms with Gasteiger partial charge in [0.25, 0.3) is 0 Å². The maximum Gasteiger partial charge on any atom is 0.246 e. The van der Waals surface area contributed by atoms with Gasteiger partial charge >= 0.3 is 0 Å². The molecule has 0 spiro atoms. The zero-order valence-electron chi connectivity index (χ0n) is 17.3. The zero-order chi connectivity index (χ0) is 21.3. The highest BCUT2D eigenvalue weighted by Crippen LogP contribution is 2.24. The fraction of sp³-hybridized carbons (Fsp3) is 0.391. The maximum absolute atomic E-state index is 13.2. The minimum Gasteiger partial charge on any atom is -0.355 e. The third kappa shape index (κ3) is 6.11. The molecule has 1 fully saturated rings. The van der Waals surface area contributed by atoms with Gasteiger partial charge in [0.2, 0.25) is 11.8 Å². The number of carbonyl (C=O) groups is 2. The number of benzene rings is 2. The lowest BCUT2D eigenvalue weighted by Crippen LogP contribution is -2.52. The second-order valence-corrected chi connectivity index (χ2v) is 7.47. The van der Waals surface area contributed by atoms with E-state index in [1.165, 1.54) is 12.1 Å². The highest BCUT2D eigenvalue weighted by atomic mass is 19.1. The van der Waals surface area contributed by atoms with Crippen molar-refractivity contribution in [1.82, 2.24) is 15.1 Å². The minimum absolute atomic E-state index is 0.0407. The van der Waals surface area contributed by atoms with Crippen LogP contribution in [-0.4, -0.2) is 60.9 Å². The Balaban J connectivity index is 1.66. The van der Waals surface area contributed by atoms with Gasteiger partial charge in [-0.1, -0.05) is 37.3 Å². The molecule has 30 heavy (non-hydrogen) atoms. The zero-order valence-corrected chi connectivity index (χ0v) is 17.3. The van der Waals surface area contributed by atoms with E-state index in [9.17, 15) is 14.0 Å². The molecule has 3 rings (SSSR count). The summed E-state index contributed by atoms with van der Waals surface area (Å²) in [5.41, 5.74) is 1.47. The molecule has 0 radical (unpaired) electrons. The molecule has 1 atom stereocenters. The molecule has 0 unspecified atom stereocenters. The van der Waals surface area contributed by atoms with Crippen molar-refractivity contribution >= 4 is 17.5 Å². The molecule has 160 valence electrons. The van der Waals surface area contributed by atoms with Crippen molar-refractivity contribution in [2.75, 3.05) is 44.6 Å². The second kappa shape index (κ2) is 10.8. The van der Waals surface area contributed by atoms with Gasteiger partial charge in [-0.3, -0.25) is 19.4 Å². The van der Waals surface area contributed by atoms with Gasteiger partial charge in [0.15, 0.2) is 0 Å². The Morgan fingerprint density at radius 1 is 1.00 bits per heavy atom. The number of amides is 2. The highest BCUT2D eigenvalue weighted by molar-refractivity contribution is 5.95. The normalized spacial score (nSPS) is 16.1. The van der Waals surface area contributed by atoms with Gasteiger partial charge in [-0.2, -0.15) is 0 Å². The van der Waals surface area contributed by atoms with Crippen LogP contribution in [-0.2, 0) is 9.59 Å². The molecule has 1 aliphatic heterocycles. The lowest BCUT2D eigenvalue weighted by atomic mass is 10.0. The average Bonchev–Trinajstić information content (AvgIpc) is 2.76. The topological polar surface area (TPSA) is 64.7 Å². The molecule has 2 amide bonds. The Kier molecular flexibility index (Phi) is 7.93. The van der Waals surface area contributed by atoms with Gasteiger partial charge < -0.3 is 10.6 Å². The Bertz CT molecular complexity index is 821. The molecule has 0 aromatic heterocycles. The van der Waals surface area contributed by atoms with Crippen molar-refractivity contribution in [2.24, 2.45) is 0 Å². The van der Waals surface area contributed by atoms with E-state index in [0.29, 0.717) is 45.0 Å². The first-order valence-electron chi connectivity index (χ1n) is 10.4. The quantitative estimate of drug-likeness (QED) is 0.700. The predicted octanol–water partition coefficient (Wildman–Crippen LogP) is 2.65. The minimum atomic E-state index is -0.452. The number of carbonyl (C=O) groups excluding carboxylic acids is 2. The molecule has 0 aliphatic carbocycles. The van der Waals surface area contributed by atoms with Crippen molar-refractivity contribution in [2.45, 2.75) is 19.4 Å². The standard InChI is InChI=1S/C23H29FN4O2/c1-2-12-25-21(29)17-27-13-15-28(16-14-27)22(18-6-4-3-5-7-18)23(30)26-20-10-8-19(24)9-11-20/h3-11,22H,2,12-17H2,1H3,(H,25,29)(H,26,30)/t22-/m0/s1. The molecule has 0 saturated carbocycles. The van der Waals surface area contributed by atoms with Crippen LogP contribution in [0.15, 0.2) is 54.6 Å². The summed E-state index contributed by atoms with van der Waals surface area (Å²) in [7, 11) is 0. The van der Waals surface area contributed by atoms with Crippen LogP contribution in [0.1, 0.15) is 24.9 Å². The Labute approximate surface area is 177 Å². The van der Waals surface area contributed by atoms with Crippen LogP contribution < -0.4 is 10.6 Å². The van der Waals surface area contributed by atoms with E-state index in [0.717, 1.165) is 12.0 Å². The van der Waals surface area contributed by atoms with Gasteiger partial charge in [-0.15, -0.1) is 0 Å². The number of nitrogens with one attached hydrogen (secondary N) is 2. The predicted molar refractivity (Wildman–Crippen MR) is 116 cm³/mol. The average molecular weight is 413 g/mol. The lowest BCUT2D eigenvalue weighted by molar-refractivity contribution is -0.125. The summed E-state index contributed by atoms with van der Waals surface area (Å²) in [6.07, 6.45) is 0.918. The third-order valence-electron chi connectivity index (χ3n) is 5.19. The van der Waals surface area contributed by atoms with Crippen LogP contribution in [0.4, 0.5) is 10.1 Å². The monoisotopic (exact) mass is 412 g/mol. The summed E-state index contributed by atoms with van der Waals surface area (Å²) < 4.78 is 13.2.